The van der Waals surface area contributed by atoms with Crippen LogP contribution in [0.5, 0.6) is 0 Å². The molecule has 3 heterocycles. The number of fused-ring (bicyclic) bond motifs is 1. The maximum absolute atomic E-state index is 14.0. The number of carbonyl (C=O) groups excluding carboxylic acids is 1. The summed E-state index contributed by atoms with van der Waals surface area (Å²) in [5.74, 6) is 0.0263. The van der Waals surface area contributed by atoms with Crippen molar-refractivity contribution >= 4 is 38.3 Å². The van der Waals surface area contributed by atoms with Gasteiger partial charge in [0, 0.05) is 45.8 Å². The number of carbonyl (C=O) groups is 1. The topological polar surface area (TPSA) is 51.7 Å². The minimum Gasteiger partial charge on any atom is -0.367 e. The van der Waals surface area contributed by atoms with E-state index in [9.17, 15) is 9.18 Å². The molecule has 1 atom stereocenters. The Morgan fingerprint density at radius 2 is 1.92 bits per heavy atom. The molecule has 192 valence electrons. The third-order valence-electron chi connectivity index (χ3n) is 7.40. The van der Waals surface area contributed by atoms with Crippen LogP contribution in [-0.4, -0.2) is 68.1 Å². The summed E-state index contributed by atoms with van der Waals surface area (Å²) in [5.41, 5.74) is 4.26. The Bertz CT molecular complexity index is 1210. The molecule has 2 aromatic carbocycles. The van der Waals surface area contributed by atoms with E-state index in [-0.39, 0.29) is 17.6 Å². The lowest BCUT2D eigenvalue weighted by Gasteiger charge is -2.36. The van der Waals surface area contributed by atoms with Crippen LogP contribution in [0.4, 0.5) is 15.2 Å². The van der Waals surface area contributed by atoms with Crippen LogP contribution in [0.15, 0.2) is 36.4 Å². The van der Waals surface area contributed by atoms with Crippen LogP contribution < -0.4 is 15.1 Å². The van der Waals surface area contributed by atoms with Gasteiger partial charge in [-0.05, 0) is 69.0 Å². The van der Waals surface area contributed by atoms with Crippen LogP contribution in [0.1, 0.15) is 30.4 Å². The Morgan fingerprint density at radius 3 is 2.72 bits per heavy atom. The fourth-order valence-corrected chi connectivity index (χ4v) is 6.61. The number of rotatable bonds is 7. The fraction of sp³-hybridized carbons (Fsp3) is 0.500. The second-order valence-corrected chi connectivity index (χ2v) is 11.1. The smallest absolute Gasteiger partial charge is 0.224 e. The molecule has 6 nitrogen and oxygen atoms in total. The average molecular weight is 510 g/mol. The van der Waals surface area contributed by atoms with Gasteiger partial charge in [0.2, 0.25) is 5.91 Å². The zero-order valence-electron chi connectivity index (χ0n) is 21.3. The van der Waals surface area contributed by atoms with Gasteiger partial charge < -0.3 is 15.1 Å². The molecule has 0 radical (unpaired) electrons. The summed E-state index contributed by atoms with van der Waals surface area (Å²) in [7, 11) is 0. The highest BCUT2D eigenvalue weighted by molar-refractivity contribution is 7.22. The van der Waals surface area contributed by atoms with Crippen molar-refractivity contribution < 1.29 is 9.18 Å². The van der Waals surface area contributed by atoms with Crippen molar-refractivity contribution in [3.63, 3.8) is 0 Å². The van der Waals surface area contributed by atoms with Gasteiger partial charge in [0.15, 0.2) is 5.13 Å². The Hall–Kier alpha value is -2.71. The molecule has 36 heavy (non-hydrogen) atoms. The number of thiazole rings is 1. The van der Waals surface area contributed by atoms with Crippen LogP contribution >= 0.6 is 11.3 Å². The van der Waals surface area contributed by atoms with Crippen LogP contribution in [0, 0.1) is 25.6 Å². The number of aryl methyl sites for hydroxylation is 2. The summed E-state index contributed by atoms with van der Waals surface area (Å²) >= 11 is 1.74. The first kappa shape index (κ1) is 25.0. The van der Waals surface area contributed by atoms with E-state index in [1.165, 1.54) is 21.9 Å². The molecule has 1 aromatic heterocycles. The van der Waals surface area contributed by atoms with Crippen molar-refractivity contribution in [2.24, 2.45) is 5.92 Å². The first-order valence-corrected chi connectivity index (χ1v) is 13.9. The monoisotopic (exact) mass is 509 g/mol. The van der Waals surface area contributed by atoms with E-state index in [4.69, 9.17) is 4.98 Å². The number of halogens is 1. The molecule has 0 aliphatic carbocycles. The Morgan fingerprint density at radius 1 is 1.11 bits per heavy atom. The molecule has 3 aromatic rings. The standard InChI is InChI=1S/C28H36FN5OS/c1-20-17-21(2)26-25(18-20)36-28(31-26)34-12-5-7-22(19-34)27(35)30-10-6-11-32-13-15-33(16-14-32)24-9-4-3-8-23(24)29/h3-4,8-9,17-18,22H,5-7,10-16,19H2,1-2H3,(H,30,35). The number of hydrogen-bond donors (Lipinski definition) is 1. The lowest BCUT2D eigenvalue weighted by atomic mass is 9.97. The maximum Gasteiger partial charge on any atom is 0.224 e. The lowest BCUT2D eigenvalue weighted by Crippen LogP contribution is -2.47. The second-order valence-electron chi connectivity index (χ2n) is 10.1. The third-order valence-corrected chi connectivity index (χ3v) is 8.46. The Labute approximate surface area is 217 Å². The summed E-state index contributed by atoms with van der Waals surface area (Å²) in [6, 6.07) is 11.4. The van der Waals surface area contributed by atoms with E-state index in [0.29, 0.717) is 12.2 Å². The Balaban J connectivity index is 1.06. The van der Waals surface area contributed by atoms with Gasteiger partial charge in [-0.15, -0.1) is 0 Å². The molecule has 8 heteroatoms. The van der Waals surface area contributed by atoms with Crippen molar-refractivity contribution in [3.8, 4) is 0 Å². The molecule has 2 aliphatic heterocycles. The van der Waals surface area contributed by atoms with Gasteiger partial charge >= 0.3 is 0 Å². The van der Waals surface area contributed by atoms with Gasteiger partial charge in [-0.1, -0.05) is 29.5 Å². The van der Waals surface area contributed by atoms with Crippen molar-refractivity contribution in [1.29, 1.82) is 0 Å². The highest BCUT2D eigenvalue weighted by Crippen LogP contribution is 2.33. The number of piperidine rings is 1. The largest absolute Gasteiger partial charge is 0.367 e. The molecule has 1 N–H and O–H groups in total. The molecule has 2 aliphatic rings. The summed E-state index contributed by atoms with van der Waals surface area (Å²) in [6.07, 6.45) is 2.88. The van der Waals surface area contributed by atoms with Crippen molar-refractivity contribution in [3.05, 3.63) is 53.3 Å². The summed E-state index contributed by atoms with van der Waals surface area (Å²) in [5, 5.41) is 4.21. The van der Waals surface area contributed by atoms with E-state index < -0.39 is 0 Å². The number of aromatic nitrogens is 1. The minimum atomic E-state index is -0.150. The van der Waals surface area contributed by atoms with Crippen LogP contribution in [0.25, 0.3) is 10.2 Å². The summed E-state index contributed by atoms with van der Waals surface area (Å²) in [4.78, 5) is 24.6. The number of amides is 1. The molecule has 2 fully saturated rings. The molecule has 0 bridgehead atoms. The Kier molecular flexibility index (Phi) is 7.72. The zero-order valence-corrected chi connectivity index (χ0v) is 22.1. The number of nitrogens with one attached hydrogen (secondary N) is 1. The number of nitrogens with zero attached hydrogens (tertiary/aromatic N) is 4. The molecule has 2 saturated heterocycles. The van der Waals surface area contributed by atoms with Gasteiger partial charge in [0.05, 0.1) is 21.8 Å². The second kappa shape index (κ2) is 11.1. The van der Waals surface area contributed by atoms with Gasteiger partial charge in [0.1, 0.15) is 5.82 Å². The van der Waals surface area contributed by atoms with Gasteiger partial charge in [-0.3, -0.25) is 9.69 Å². The van der Waals surface area contributed by atoms with Gasteiger partial charge in [-0.2, -0.15) is 0 Å². The number of anilines is 2. The number of piperazine rings is 1. The van der Waals surface area contributed by atoms with E-state index in [0.717, 1.165) is 75.7 Å². The molecule has 1 amide bonds. The summed E-state index contributed by atoms with van der Waals surface area (Å²) < 4.78 is 15.3. The fourth-order valence-electron chi connectivity index (χ4n) is 5.44. The van der Waals surface area contributed by atoms with E-state index in [1.807, 2.05) is 12.1 Å². The van der Waals surface area contributed by atoms with Gasteiger partial charge in [-0.25, -0.2) is 9.37 Å². The maximum atomic E-state index is 14.0. The molecule has 0 saturated carbocycles. The first-order chi connectivity index (χ1) is 17.5. The molecular formula is C28H36FN5OS. The van der Waals surface area contributed by atoms with Crippen molar-refractivity contribution in [1.82, 2.24) is 15.2 Å². The number of benzene rings is 2. The number of para-hydroxylation sites is 1. The normalized spacial score (nSPS) is 19.1. The lowest BCUT2D eigenvalue weighted by molar-refractivity contribution is -0.125. The van der Waals surface area contributed by atoms with Crippen LogP contribution in [0.3, 0.4) is 0 Å². The predicted molar refractivity (Wildman–Crippen MR) is 147 cm³/mol. The van der Waals surface area contributed by atoms with E-state index >= 15 is 0 Å². The van der Waals surface area contributed by atoms with E-state index in [2.05, 4.69) is 46.0 Å². The molecule has 0 spiro atoms. The van der Waals surface area contributed by atoms with E-state index in [1.54, 1.807) is 17.4 Å². The van der Waals surface area contributed by atoms with Crippen LogP contribution in [-0.2, 0) is 4.79 Å². The predicted octanol–water partition coefficient (Wildman–Crippen LogP) is 4.60. The van der Waals surface area contributed by atoms with Crippen molar-refractivity contribution in [2.45, 2.75) is 33.1 Å². The zero-order chi connectivity index (χ0) is 25.1. The third kappa shape index (κ3) is 5.65. The first-order valence-electron chi connectivity index (χ1n) is 13.1. The van der Waals surface area contributed by atoms with Crippen LogP contribution in [0.2, 0.25) is 0 Å². The molecule has 1 unspecified atom stereocenters. The summed E-state index contributed by atoms with van der Waals surface area (Å²) in [6.45, 7) is 11.1. The molecular weight excluding hydrogens is 473 g/mol. The number of hydrogen-bond acceptors (Lipinski definition) is 6. The minimum absolute atomic E-state index is 0.0120. The average Bonchev–Trinajstić information content (AvgIpc) is 3.32. The highest BCUT2D eigenvalue weighted by atomic mass is 32.1. The quantitative estimate of drug-likeness (QED) is 0.472. The SMILES string of the molecule is Cc1cc(C)c2nc(N3CCCC(C(=O)NCCCN4CCN(c5ccccc5F)CC4)C3)sc2c1. The molecule has 5 rings (SSSR count). The highest BCUT2D eigenvalue weighted by Gasteiger charge is 2.27. The van der Waals surface area contributed by atoms with Crippen molar-refractivity contribution in [2.75, 3.05) is 62.2 Å². The van der Waals surface area contributed by atoms with Gasteiger partial charge in [0.25, 0.3) is 0 Å².